The third-order valence-corrected chi connectivity index (χ3v) is 4.87. The molecule has 0 radical (unpaired) electrons. The molecular weight excluding hydrogens is 320 g/mol. The highest BCUT2D eigenvalue weighted by Gasteiger charge is 2.30. The average molecular weight is 342 g/mol. The van der Waals surface area contributed by atoms with Gasteiger partial charge in [-0.05, 0) is 25.0 Å². The Labute approximate surface area is 146 Å². The zero-order chi connectivity index (χ0) is 17.1. The van der Waals surface area contributed by atoms with E-state index in [9.17, 15) is 4.79 Å². The molecule has 2 aromatic rings. The molecule has 0 spiro atoms. The predicted octanol–water partition coefficient (Wildman–Crippen LogP) is 1.81. The number of benzene rings is 1. The molecule has 0 aliphatic carbocycles. The van der Waals surface area contributed by atoms with Gasteiger partial charge in [-0.15, -0.1) is 5.10 Å². The average Bonchev–Trinajstić information content (AvgIpc) is 3.19. The summed E-state index contributed by atoms with van der Waals surface area (Å²) < 4.78 is 11.1. The predicted molar refractivity (Wildman–Crippen MR) is 92.1 cm³/mol. The van der Waals surface area contributed by atoms with Gasteiger partial charge in [0.2, 0.25) is 11.8 Å². The Morgan fingerprint density at radius 3 is 2.44 bits per heavy atom. The van der Waals surface area contributed by atoms with Gasteiger partial charge < -0.3 is 19.0 Å². The minimum absolute atomic E-state index is 0.0888. The molecule has 1 aromatic heterocycles. The van der Waals surface area contributed by atoms with Crippen molar-refractivity contribution >= 4 is 11.9 Å². The minimum atomic E-state index is 0.0888. The molecule has 7 nitrogen and oxygen atoms in total. The SMILES string of the molecule is O=C(C1CCN(c2nnc(-c3ccccc3)o2)CC1)N1CCOCC1. The van der Waals surface area contributed by atoms with Crippen molar-refractivity contribution in [3.8, 4) is 11.5 Å². The summed E-state index contributed by atoms with van der Waals surface area (Å²) in [7, 11) is 0. The van der Waals surface area contributed by atoms with Crippen molar-refractivity contribution < 1.29 is 13.9 Å². The first-order chi connectivity index (χ1) is 12.3. The molecule has 0 bridgehead atoms. The van der Waals surface area contributed by atoms with Crippen LogP contribution >= 0.6 is 0 Å². The van der Waals surface area contributed by atoms with Crippen LogP contribution in [-0.2, 0) is 9.53 Å². The molecule has 0 atom stereocenters. The summed E-state index contributed by atoms with van der Waals surface area (Å²) >= 11 is 0. The Morgan fingerprint density at radius 1 is 1.00 bits per heavy atom. The molecule has 25 heavy (non-hydrogen) atoms. The van der Waals surface area contributed by atoms with Gasteiger partial charge in [0.05, 0.1) is 13.2 Å². The maximum absolute atomic E-state index is 12.6. The summed E-state index contributed by atoms with van der Waals surface area (Å²) in [6.45, 7) is 4.24. The van der Waals surface area contributed by atoms with Crippen molar-refractivity contribution in [2.45, 2.75) is 12.8 Å². The number of hydrogen-bond donors (Lipinski definition) is 0. The number of aromatic nitrogens is 2. The summed E-state index contributed by atoms with van der Waals surface area (Å²) in [5.41, 5.74) is 0.915. The molecule has 7 heteroatoms. The molecule has 1 aromatic carbocycles. The number of morpholine rings is 1. The van der Waals surface area contributed by atoms with E-state index in [1.807, 2.05) is 35.2 Å². The standard InChI is InChI=1S/C18H22N4O3/c23-17(21-10-12-24-13-11-21)15-6-8-22(9-7-15)18-20-19-16(25-18)14-4-2-1-3-5-14/h1-5,15H,6-13H2. The van der Waals surface area contributed by atoms with E-state index in [2.05, 4.69) is 15.1 Å². The molecule has 0 N–H and O–H groups in total. The Hall–Kier alpha value is -2.41. The largest absolute Gasteiger partial charge is 0.403 e. The second kappa shape index (κ2) is 7.23. The Balaban J connectivity index is 1.36. The highest BCUT2D eigenvalue weighted by atomic mass is 16.5. The molecule has 132 valence electrons. The van der Waals surface area contributed by atoms with Crippen molar-refractivity contribution in [1.82, 2.24) is 15.1 Å². The second-order valence-corrected chi connectivity index (χ2v) is 6.45. The monoisotopic (exact) mass is 342 g/mol. The number of piperidine rings is 1. The highest BCUT2D eigenvalue weighted by Crippen LogP contribution is 2.26. The van der Waals surface area contributed by atoms with Crippen LogP contribution < -0.4 is 4.90 Å². The zero-order valence-electron chi connectivity index (χ0n) is 14.1. The van der Waals surface area contributed by atoms with Crippen LogP contribution in [0, 0.1) is 5.92 Å². The highest BCUT2D eigenvalue weighted by molar-refractivity contribution is 5.79. The normalized spacial score (nSPS) is 19.2. The van der Waals surface area contributed by atoms with Crippen LogP contribution in [0.25, 0.3) is 11.5 Å². The molecule has 2 aliphatic heterocycles. The van der Waals surface area contributed by atoms with Gasteiger partial charge in [0.25, 0.3) is 0 Å². The summed E-state index contributed by atoms with van der Waals surface area (Å²) in [5, 5.41) is 8.32. The molecule has 2 aliphatic rings. The second-order valence-electron chi connectivity index (χ2n) is 6.45. The molecule has 0 unspecified atom stereocenters. The minimum Gasteiger partial charge on any atom is -0.403 e. The molecule has 0 saturated carbocycles. The Kier molecular flexibility index (Phi) is 4.65. The van der Waals surface area contributed by atoms with Crippen LogP contribution in [-0.4, -0.2) is 60.4 Å². The van der Waals surface area contributed by atoms with Crippen LogP contribution in [0.2, 0.25) is 0 Å². The Bertz CT molecular complexity index is 704. The van der Waals surface area contributed by atoms with Crippen LogP contribution in [0.4, 0.5) is 6.01 Å². The van der Waals surface area contributed by atoms with Crippen LogP contribution in [0.1, 0.15) is 12.8 Å². The van der Waals surface area contributed by atoms with Gasteiger partial charge in [0.15, 0.2) is 0 Å². The third kappa shape index (κ3) is 3.51. The van der Waals surface area contributed by atoms with Crippen LogP contribution in [0.3, 0.4) is 0 Å². The summed E-state index contributed by atoms with van der Waals surface area (Å²) in [6, 6.07) is 10.3. The lowest BCUT2D eigenvalue weighted by Gasteiger charge is -2.34. The van der Waals surface area contributed by atoms with E-state index in [-0.39, 0.29) is 11.8 Å². The molecule has 4 rings (SSSR count). The van der Waals surface area contributed by atoms with E-state index < -0.39 is 0 Å². The van der Waals surface area contributed by atoms with Crippen molar-refractivity contribution in [2.24, 2.45) is 5.92 Å². The number of nitrogens with zero attached hydrogens (tertiary/aromatic N) is 4. The van der Waals surface area contributed by atoms with Gasteiger partial charge in [-0.1, -0.05) is 23.3 Å². The van der Waals surface area contributed by atoms with Crippen molar-refractivity contribution in [3.63, 3.8) is 0 Å². The maximum Gasteiger partial charge on any atom is 0.318 e. The molecule has 2 fully saturated rings. The molecule has 2 saturated heterocycles. The lowest BCUT2D eigenvalue weighted by atomic mass is 9.95. The first-order valence-electron chi connectivity index (χ1n) is 8.81. The smallest absolute Gasteiger partial charge is 0.318 e. The number of rotatable bonds is 3. The van der Waals surface area contributed by atoms with Gasteiger partial charge in [-0.3, -0.25) is 4.79 Å². The van der Waals surface area contributed by atoms with Crippen molar-refractivity contribution in [2.75, 3.05) is 44.3 Å². The van der Waals surface area contributed by atoms with Gasteiger partial charge >= 0.3 is 6.01 Å². The number of amides is 1. The first kappa shape index (κ1) is 16.1. The lowest BCUT2D eigenvalue weighted by molar-refractivity contribution is -0.140. The van der Waals surface area contributed by atoms with E-state index >= 15 is 0 Å². The Morgan fingerprint density at radius 2 is 1.72 bits per heavy atom. The topological polar surface area (TPSA) is 71.7 Å². The molecular formula is C18H22N4O3. The fourth-order valence-electron chi connectivity index (χ4n) is 3.40. The van der Waals surface area contributed by atoms with Crippen molar-refractivity contribution in [3.05, 3.63) is 30.3 Å². The number of anilines is 1. The maximum atomic E-state index is 12.6. The summed E-state index contributed by atoms with van der Waals surface area (Å²) in [4.78, 5) is 16.6. The quantitative estimate of drug-likeness (QED) is 0.847. The summed E-state index contributed by atoms with van der Waals surface area (Å²) in [5.74, 6) is 0.881. The fourth-order valence-corrected chi connectivity index (χ4v) is 3.40. The van der Waals surface area contributed by atoms with Gasteiger partial charge in [-0.2, -0.15) is 0 Å². The van der Waals surface area contributed by atoms with E-state index in [1.165, 1.54) is 0 Å². The van der Waals surface area contributed by atoms with Crippen molar-refractivity contribution in [1.29, 1.82) is 0 Å². The zero-order valence-corrected chi connectivity index (χ0v) is 14.1. The summed E-state index contributed by atoms with van der Waals surface area (Å²) in [6.07, 6.45) is 1.64. The molecule has 3 heterocycles. The van der Waals surface area contributed by atoms with Crippen LogP contribution in [0.5, 0.6) is 0 Å². The van der Waals surface area contributed by atoms with E-state index in [0.29, 0.717) is 38.2 Å². The fraction of sp³-hybridized carbons (Fsp3) is 0.500. The van der Waals surface area contributed by atoms with Gasteiger partial charge in [0, 0.05) is 37.7 Å². The first-order valence-corrected chi connectivity index (χ1v) is 8.81. The van der Waals surface area contributed by atoms with Gasteiger partial charge in [0.1, 0.15) is 0 Å². The number of ether oxygens (including phenoxy) is 1. The van der Waals surface area contributed by atoms with Crippen LogP contribution in [0.15, 0.2) is 34.7 Å². The lowest BCUT2D eigenvalue weighted by Crippen LogP contribution is -2.46. The van der Waals surface area contributed by atoms with E-state index in [0.717, 1.165) is 31.5 Å². The number of carbonyl (C=O) groups is 1. The van der Waals surface area contributed by atoms with E-state index in [1.54, 1.807) is 0 Å². The molecule has 1 amide bonds. The number of hydrogen-bond acceptors (Lipinski definition) is 6. The number of carbonyl (C=O) groups excluding carboxylic acids is 1. The third-order valence-electron chi connectivity index (χ3n) is 4.87. The van der Waals surface area contributed by atoms with E-state index in [4.69, 9.17) is 9.15 Å². The van der Waals surface area contributed by atoms with Gasteiger partial charge in [-0.25, -0.2) is 0 Å².